The Labute approximate surface area is 161 Å². The Kier molecular flexibility index (Phi) is 5.72. The van der Waals surface area contributed by atoms with Crippen LogP contribution in [-0.2, 0) is 6.18 Å². The van der Waals surface area contributed by atoms with Crippen LogP contribution in [0.15, 0.2) is 33.2 Å². The summed E-state index contributed by atoms with van der Waals surface area (Å²) in [6, 6.07) is 3.21. The molecular weight excluding hydrogens is 395 g/mol. The number of alkyl halides is 3. The second-order valence-corrected chi connectivity index (χ2v) is 6.21. The fourth-order valence-electron chi connectivity index (χ4n) is 2.59. The Morgan fingerprint density at radius 2 is 1.93 bits per heavy atom. The van der Waals surface area contributed by atoms with Crippen molar-refractivity contribution >= 4 is 17.1 Å². The first-order valence-electron chi connectivity index (χ1n) is 8.05. The molecule has 0 unspecified atom stereocenters. The second-order valence-electron chi connectivity index (χ2n) is 6.21. The third-order valence-electron chi connectivity index (χ3n) is 3.98. The monoisotopic (exact) mass is 409 g/mol. The number of nitriles is 1. The molecule has 12 heteroatoms. The van der Waals surface area contributed by atoms with Crippen LogP contribution >= 0.6 is 0 Å². The molecule has 2 rings (SSSR count). The van der Waals surface area contributed by atoms with Gasteiger partial charge in [-0.1, -0.05) is 0 Å². The lowest BCUT2D eigenvalue weighted by Crippen LogP contribution is -2.23. The van der Waals surface area contributed by atoms with Crippen LogP contribution in [0.2, 0.25) is 0 Å². The van der Waals surface area contributed by atoms with Crippen LogP contribution in [-0.4, -0.2) is 14.6 Å². The minimum absolute atomic E-state index is 0.00592. The molecule has 0 aliphatic heterocycles. The zero-order valence-corrected chi connectivity index (χ0v) is 15.4. The molecule has 0 radical (unpaired) electrons. The lowest BCUT2D eigenvalue weighted by molar-refractivity contribution is -0.388. The maximum absolute atomic E-state index is 13.1. The number of benzene rings is 1. The van der Waals surface area contributed by atoms with Gasteiger partial charge in [0, 0.05) is 17.7 Å². The van der Waals surface area contributed by atoms with Crippen molar-refractivity contribution in [3.63, 3.8) is 0 Å². The molecule has 0 aliphatic carbocycles. The molecule has 0 aliphatic rings. The maximum atomic E-state index is 13.1. The van der Waals surface area contributed by atoms with Crippen molar-refractivity contribution in [1.29, 1.82) is 5.26 Å². The van der Waals surface area contributed by atoms with Gasteiger partial charge in [0.05, 0.1) is 10.6 Å². The number of nitrogens with zero attached hydrogens (tertiary/aromatic N) is 5. The summed E-state index contributed by atoms with van der Waals surface area (Å²) in [5.41, 5.74) is -4.43. The van der Waals surface area contributed by atoms with Crippen molar-refractivity contribution in [2.75, 3.05) is 0 Å². The highest BCUT2D eigenvalue weighted by Gasteiger charge is 2.38. The largest absolute Gasteiger partial charge is 0.493 e. The van der Waals surface area contributed by atoms with Crippen molar-refractivity contribution in [2.24, 2.45) is 10.2 Å². The van der Waals surface area contributed by atoms with Crippen LogP contribution in [0.3, 0.4) is 0 Å². The number of halogens is 3. The summed E-state index contributed by atoms with van der Waals surface area (Å²) in [6.45, 7) is 4.48. The first-order chi connectivity index (χ1) is 13.4. The first-order valence-corrected chi connectivity index (χ1v) is 8.05. The lowest BCUT2D eigenvalue weighted by Gasteiger charge is -2.15. The van der Waals surface area contributed by atoms with Crippen molar-refractivity contribution in [3.05, 3.63) is 55.4 Å². The predicted molar refractivity (Wildman–Crippen MR) is 94.5 cm³/mol. The van der Waals surface area contributed by atoms with Crippen LogP contribution in [0.1, 0.15) is 36.6 Å². The molecule has 1 heterocycles. The molecule has 9 nitrogen and oxygen atoms in total. The van der Waals surface area contributed by atoms with Gasteiger partial charge >= 0.3 is 6.18 Å². The molecule has 29 heavy (non-hydrogen) atoms. The summed E-state index contributed by atoms with van der Waals surface area (Å²) < 4.78 is 40.1. The van der Waals surface area contributed by atoms with E-state index in [4.69, 9.17) is 0 Å². The normalized spacial score (nSPS) is 11.8. The van der Waals surface area contributed by atoms with E-state index in [9.17, 15) is 38.4 Å². The van der Waals surface area contributed by atoms with Crippen LogP contribution in [0.4, 0.5) is 30.2 Å². The topological polar surface area (TPSA) is 134 Å². The Morgan fingerprint density at radius 3 is 2.41 bits per heavy atom. The molecule has 1 aromatic carbocycles. The van der Waals surface area contributed by atoms with Gasteiger partial charge in [0.1, 0.15) is 17.2 Å². The molecule has 1 N–H and O–H groups in total. The second kappa shape index (κ2) is 7.70. The van der Waals surface area contributed by atoms with Crippen molar-refractivity contribution in [3.8, 4) is 11.9 Å². The standard InChI is InChI=1S/C17H14F3N5O4/c1-8(2)24-15(26)11(7-21)9(3)14(16(24)27)23-22-10-4-5-13(25(28)29)12(6-10)17(18,19)20/h4-6,8,26H,1-3H3. The van der Waals surface area contributed by atoms with Crippen LogP contribution in [0, 0.1) is 28.4 Å². The number of rotatable bonds is 4. The van der Waals surface area contributed by atoms with Crippen LogP contribution < -0.4 is 5.56 Å². The Bertz CT molecular complexity index is 1110. The Balaban J connectivity index is 2.67. The van der Waals surface area contributed by atoms with Gasteiger partial charge in [-0.3, -0.25) is 19.5 Å². The highest BCUT2D eigenvalue weighted by atomic mass is 19.4. The van der Waals surface area contributed by atoms with Gasteiger partial charge in [0.15, 0.2) is 5.69 Å². The van der Waals surface area contributed by atoms with Crippen molar-refractivity contribution in [1.82, 2.24) is 4.57 Å². The summed E-state index contributed by atoms with van der Waals surface area (Å²) >= 11 is 0. The molecular formula is C17H14F3N5O4. The minimum Gasteiger partial charge on any atom is -0.493 e. The molecule has 0 fully saturated rings. The van der Waals surface area contributed by atoms with Gasteiger partial charge < -0.3 is 5.11 Å². The molecule has 0 atom stereocenters. The van der Waals surface area contributed by atoms with Gasteiger partial charge in [-0.25, -0.2) is 0 Å². The average Bonchev–Trinajstić information content (AvgIpc) is 2.60. The van der Waals surface area contributed by atoms with Crippen molar-refractivity contribution in [2.45, 2.75) is 33.0 Å². The Hall–Kier alpha value is -3.75. The van der Waals surface area contributed by atoms with E-state index in [0.29, 0.717) is 12.1 Å². The fraction of sp³-hybridized carbons (Fsp3) is 0.294. The van der Waals surface area contributed by atoms with Gasteiger partial charge in [-0.2, -0.15) is 23.5 Å². The fourth-order valence-corrected chi connectivity index (χ4v) is 2.59. The molecule has 0 amide bonds. The summed E-state index contributed by atoms with van der Waals surface area (Å²) in [6.07, 6.45) is -5.00. The highest BCUT2D eigenvalue weighted by Crippen LogP contribution is 2.38. The minimum atomic E-state index is -5.00. The van der Waals surface area contributed by atoms with Crippen molar-refractivity contribution < 1.29 is 23.2 Å². The van der Waals surface area contributed by atoms with E-state index in [2.05, 4.69) is 10.2 Å². The number of nitro benzene ring substituents is 1. The van der Waals surface area contributed by atoms with Gasteiger partial charge in [0.25, 0.3) is 11.2 Å². The van der Waals surface area contributed by atoms with E-state index in [1.807, 2.05) is 0 Å². The number of azo groups is 1. The maximum Gasteiger partial charge on any atom is 0.423 e. The van der Waals surface area contributed by atoms with E-state index in [1.165, 1.54) is 6.92 Å². The number of hydrogen-bond donors (Lipinski definition) is 1. The van der Waals surface area contributed by atoms with E-state index < -0.39 is 39.8 Å². The predicted octanol–water partition coefficient (Wildman–Crippen LogP) is 4.66. The lowest BCUT2D eigenvalue weighted by atomic mass is 10.1. The quantitative estimate of drug-likeness (QED) is 0.445. The number of aromatic hydroxyl groups is 1. The summed E-state index contributed by atoms with van der Waals surface area (Å²) in [5, 5.41) is 37.4. The van der Waals surface area contributed by atoms with E-state index >= 15 is 0 Å². The van der Waals surface area contributed by atoms with E-state index in [0.717, 1.165) is 10.6 Å². The molecule has 152 valence electrons. The molecule has 0 saturated carbocycles. The Morgan fingerprint density at radius 1 is 1.31 bits per heavy atom. The zero-order valence-electron chi connectivity index (χ0n) is 15.4. The first kappa shape index (κ1) is 21.5. The van der Waals surface area contributed by atoms with Crippen LogP contribution in [0.25, 0.3) is 0 Å². The van der Waals surface area contributed by atoms with E-state index in [1.54, 1.807) is 19.9 Å². The smallest absolute Gasteiger partial charge is 0.423 e. The molecule has 0 saturated heterocycles. The molecule has 1 aromatic heterocycles. The molecule has 0 spiro atoms. The number of hydrogen-bond acceptors (Lipinski definition) is 7. The third-order valence-corrected chi connectivity index (χ3v) is 3.98. The highest BCUT2D eigenvalue weighted by molar-refractivity contribution is 5.57. The average molecular weight is 409 g/mol. The zero-order chi connectivity index (χ0) is 22.1. The van der Waals surface area contributed by atoms with Crippen LogP contribution in [0.5, 0.6) is 5.88 Å². The summed E-state index contributed by atoms with van der Waals surface area (Å²) in [5.74, 6) is -0.557. The van der Waals surface area contributed by atoms with Gasteiger partial charge in [-0.15, -0.1) is 5.11 Å². The SMILES string of the molecule is Cc1c(C#N)c(O)n(C(C)C)c(=O)c1N=Nc1ccc([N+](=O)[O-])c(C(F)(F)F)c1. The number of nitro groups is 1. The van der Waals surface area contributed by atoms with Gasteiger partial charge in [-0.05, 0) is 32.9 Å². The van der Waals surface area contributed by atoms with E-state index in [-0.39, 0.29) is 22.5 Å². The molecule has 0 bridgehead atoms. The molecule has 2 aromatic rings. The third kappa shape index (κ3) is 4.08. The number of pyridine rings is 1. The summed E-state index contributed by atoms with van der Waals surface area (Å²) in [7, 11) is 0. The number of aromatic nitrogens is 1. The van der Waals surface area contributed by atoms with Gasteiger partial charge in [0.2, 0.25) is 5.88 Å². The summed E-state index contributed by atoms with van der Waals surface area (Å²) in [4.78, 5) is 22.2.